The third kappa shape index (κ3) is 6.02. The number of likely N-dealkylation sites (tertiary alicyclic amines) is 1. The van der Waals surface area contributed by atoms with Gasteiger partial charge in [0.05, 0.1) is 19.6 Å². The molecule has 0 amide bonds. The number of aromatic hydroxyl groups is 1. The fourth-order valence-electron chi connectivity index (χ4n) is 2.73. The number of ether oxygens (including phenoxy) is 1. The molecule has 1 fully saturated rings. The molecule has 0 saturated carbocycles. The average molecular weight is 465 g/mol. The number of aliphatic imine (C=N–C) groups is 1. The van der Waals surface area contributed by atoms with E-state index in [9.17, 15) is 14.3 Å². The number of nitrogens with one attached hydrogen (secondary N) is 1. The summed E-state index contributed by atoms with van der Waals surface area (Å²) in [6, 6.07) is 4.26. The lowest BCUT2D eigenvalue weighted by atomic mass is 9.97. The summed E-state index contributed by atoms with van der Waals surface area (Å²) in [6.45, 7) is 4.46. The van der Waals surface area contributed by atoms with E-state index in [0.717, 1.165) is 38.4 Å². The normalized spacial score (nSPS) is 15.5. The largest absolute Gasteiger partial charge is 0.505 e. The molecule has 25 heavy (non-hydrogen) atoms. The Morgan fingerprint density at radius 3 is 2.68 bits per heavy atom. The Bertz CT molecular complexity index is 605. The number of benzene rings is 1. The van der Waals surface area contributed by atoms with E-state index in [1.165, 1.54) is 19.2 Å². The molecule has 8 heteroatoms. The van der Waals surface area contributed by atoms with E-state index in [-0.39, 0.29) is 41.6 Å². The Balaban J connectivity index is 0.00000312. The first-order valence-corrected chi connectivity index (χ1v) is 8.13. The summed E-state index contributed by atoms with van der Waals surface area (Å²) in [4.78, 5) is 18.2. The molecule has 1 aliphatic rings. The summed E-state index contributed by atoms with van der Waals surface area (Å²) in [5.74, 6) is -0.475. The van der Waals surface area contributed by atoms with Crippen molar-refractivity contribution in [2.75, 3.05) is 26.7 Å². The highest BCUT2D eigenvalue weighted by Gasteiger charge is 2.26. The molecule has 2 rings (SSSR count). The van der Waals surface area contributed by atoms with Crippen molar-refractivity contribution >= 4 is 35.9 Å². The summed E-state index contributed by atoms with van der Waals surface area (Å²) in [6.07, 6.45) is 1.45. The van der Waals surface area contributed by atoms with Gasteiger partial charge in [-0.2, -0.15) is 0 Å². The molecule has 0 unspecified atom stereocenters. The summed E-state index contributed by atoms with van der Waals surface area (Å²) in [5.41, 5.74) is 0.685. The van der Waals surface area contributed by atoms with E-state index in [4.69, 9.17) is 4.74 Å². The number of piperidine rings is 1. The zero-order valence-corrected chi connectivity index (χ0v) is 16.8. The van der Waals surface area contributed by atoms with Crippen LogP contribution in [0.4, 0.5) is 4.39 Å². The predicted octanol–water partition coefficient (Wildman–Crippen LogP) is 2.50. The molecule has 2 N–H and O–H groups in total. The van der Waals surface area contributed by atoms with Gasteiger partial charge >= 0.3 is 5.97 Å². The number of esters is 1. The minimum absolute atomic E-state index is 0. The lowest BCUT2D eigenvalue weighted by Crippen LogP contribution is -2.46. The maximum Gasteiger partial charge on any atom is 0.308 e. The van der Waals surface area contributed by atoms with Crippen molar-refractivity contribution < 1.29 is 19.0 Å². The fraction of sp³-hybridized carbons (Fsp3) is 0.529. The van der Waals surface area contributed by atoms with Crippen LogP contribution in [0.1, 0.15) is 25.3 Å². The second-order valence-electron chi connectivity index (χ2n) is 5.74. The number of rotatable bonds is 4. The monoisotopic (exact) mass is 465 g/mol. The number of nitrogens with zero attached hydrogens (tertiary/aromatic N) is 2. The topological polar surface area (TPSA) is 74.2 Å². The maximum atomic E-state index is 13.4. The van der Waals surface area contributed by atoms with Gasteiger partial charge in [0.2, 0.25) is 0 Å². The van der Waals surface area contributed by atoms with Crippen molar-refractivity contribution in [1.82, 2.24) is 10.2 Å². The van der Waals surface area contributed by atoms with Crippen LogP contribution in [0, 0.1) is 11.7 Å². The number of hydrogen-bond acceptors (Lipinski definition) is 4. The summed E-state index contributed by atoms with van der Waals surface area (Å²) in [7, 11) is 1.41. The van der Waals surface area contributed by atoms with Gasteiger partial charge < -0.3 is 20.1 Å². The molecule has 1 aromatic carbocycles. The number of phenols is 1. The van der Waals surface area contributed by atoms with Crippen LogP contribution in [0.25, 0.3) is 0 Å². The van der Waals surface area contributed by atoms with E-state index in [1.54, 1.807) is 6.07 Å². The van der Waals surface area contributed by atoms with Crippen molar-refractivity contribution in [2.24, 2.45) is 10.9 Å². The average Bonchev–Trinajstić information content (AvgIpc) is 2.61. The molecule has 0 atom stereocenters. The summed E-state index contributed by atoms with van der Waals surface area (Å²) < 4.78 is 18.2. The highest BCUT2D eigenvalue weighted by molar-refractivity contribution is 14.0. The quantitative estimate of drug-likeness (QED) is 0.310. The van der Waals surface area contributed by atoms with Crippen LogP contribution in [-0.2, 0) is 16.1 Å². The van der Waals surface area contributed by atoms with Crippen LogP contribution in [-0.4, -0.2) is 48.7 Å². The number of guanidine groups is 1. The van der Waals surface area contributed by atoms with Gasteiger partial charge in [0.15, 0.2) is 17.5 Å². The van der Waals surface area contributed by atoms with Crippen LogP contribution < -0.4 is 5.32 Å². The first kappa shape index (κ1) is 21.5. The van der Waals surface area contributed by atoms with Gasteiger partial charge in [-0.25, -0.2) is 9.38 Å². The summed E-state index contributed by atoms with van der Waals surface area (Å²) >= 11 is 0. The number of hydrogen-bond donors (Lipinski definition) is 2. The molecule has 1 aromatic rings. The Labute approximate surface area is 164 Å². The van der Waals surface area contributed by atoms with Crippen molar-refractivity contribution in [3.8, 4) is 5.75 Å². The molecule has 0 radical (unpaired) electrons. The fourth-order valence-corrected chi connectivity index (χ4v) is 2.73. The lowest BCUT2D eigenvalue weighted by Gasteiger charge is -2.33. The first-order valence-electron chi connectivity index (χ1n) is 8.13. The first-order chi connectivity index (χ1) is 11.5. The van der Waals surface area contributed by atoms with Crippen LogP contribution in [0.3, 0.4) is 0 Å². The smallest absolute Gasteiger partial charge is 0.308 e. The standard InChI is InChI=1S/C17H24FN3O3.HI/c1-3-19-17(20-11-12-4-5-15(22)14(18)10-12)21-8-6-13(7-9-21)16(23)24-2;/h4-5,10,13,22H,3,6-9,11H2,1-2H3,(H,19,20);1H. The van der Waals surface area contributed by atoms with Gasteiger partial charge in [0.25, 0.3) is 0 Å². The molecule has 0 aromatic heterocycles. The molecule has 6 nitrogen and oxygen atoms in total. The molecular formula is C17H25FIN3O3. The lowest BCUT2D eigenvalue weighted by molar-refractivity contribution is -0.146. The van der Waals surface area contributed by atoms with Gasteiger partial charge in [-0.1, -0.05) is 6.07 Å². The van der Waals surface area contributed by atoms with Gasteiger partial charge in [-0.3, -0.25) is 4.79 Å². The molecule has 1 saturated heterocycles. The van der Waals surface area contributed by atoms with Crippen molar-refractivity contribution in [3.63, 3.8) is 0 Å². The van der Waals surface area contributed by atoms with Crippen LogP contribution >= 0.6 is 24.0 Å². The highest BCUT2D eigenvalue weighted by atomic mass is 127. The second-order valence-corrected chi connectivity index (χ2v) is 5.74. The van der Waals surface area contributed by atoms with Gasteiger partial charge in [0, 0.05) is 19.6 Å². The maximum absolute atomic E-state index is 13.4. The van der Waals surface area contributed by atoms with E-state index in [1.807, 2.05) is 6.92 Å². The Morgan fingerprint density at radius 1 is 1.44 bits per heavy atom. The van der Waals surface area contributed by atoms with Crippen molar-refractivity contribution in [1.29, 1.82) is 0 Å². The highest BCUT2D eigenvalue weighted by Crippen LogP contribution is 2.19. The van der Waals surface area contributed by atoms with Gasteiger partial charge in [-0.05, 0) is 37.5 Å². The SMILES string of the molecule is CCNC(=NCc1ccc(O)c(F)c1)N1CCC(C(=O)OC)CC1.I. The third-order valence-corrected chi connectivity index (χ3v) is 4.09. The number of carbonyl (C=O) groups excluding carboxylic acids is 1. The third-order valence-electron chi connectivity index (χ3n) is 4.09. The molecule has 0 spiro atoms. The van der Waals surface area contributed by atoms with Crippen molar-refractivity contribution in [2.45, 2.75) is 26.3 Å². The molecule has 1 aliphatic heterocycles. The Hall–Kier alpha value is -1.58. The minimum atomic E-state index is -0.647. The zero-order chi connectivity index (χ0) is 17.5. The molecular weight excluding hydrogens is 440 g/mol. The van der Waals surface area contributed by atoms with E-state index < -0.39 is 5.82 Å². The molecule has 140 valence electrons. The molecule has 0 aliphatic carbocycles. The zero-order valence-electron chi connectivity index (χ0n) is 14.5. The van der Waals surface area contributed by atoms with Gasteiger partial charge in [-0.15, -0.1) is 24.0 Å². The molecule has 0 bridgehead atoms. The minimum Gasteiger partial charge on any atom is -0.505 e. The van der Waals surface area contributed by atoms with Crippen LogP contribution in [0.15, 0.2) is 23.2 Å². The Kier molecular flexibility index (Phi) is 8.95. The van der Waals surface area contributed by atoms with E-state index >= 15 is 0 Å². The Morgan fingerprint density at radius 2 is 2.12 bits per heavy atom. The van der Waals surface area contributed by atoms with Crippen LogP contribution in [0.5, 0.6) is 5.75 Å². The van der Waals surface area contributed by atoms with E-state index in [2.05, 4.69) is 15.2 Å². The number of phenolic OH excluding ortho intramolecular Hbond substituents is 1. The number of methoxy groups -OCH3 is 1. The predicted molar refractivity (Wildman–Crippen MR) is 105 cm³/mol. The van der Waals surface area contributed by atoms with Gasteiger partial charge in [0.1, 0.15) is 0 Å². The number of halogens is 2. The summed E-state index contributed by atoms with van der Waals surface area (Å²) in [5, 5.41) is 12.5. The number of carbonyl (C=O) groups is 1. The van der Waals surface area contributed by atoms with E-state index in [0.29, 0.717) is 12.1 Å². The van der Waals surface area contributed by atoms with Crippen molar-refractivity contribution in [3.05, 3.63) is 29.6 Å². The van der Waals surface area contributed by atoms with Crippen LogP contribution in [0.2, 0.25) is 0 Å². The second kappa shape index (κ2) is 10.4. The molecule has 1 heterocycles.